The van der Waals surface area contributed by atoms with Gasteiger partial charge in [-0.15, -0.1) is 0 Å². The minimum atomic E-state index is -2.36. The van der Waals surface area contributed by atoms with E-state index in [4.69, 9.17) is 9.47 Å². The van der Waals surface area contributed by atoms with E-state index in [1.54, 1.807) is 23.2 Å². The number of aromatic nitrogens is 1. The zero-order chi connectivity index (χ0) is 27.2. The van der Waals surface area contributed by atoms with Gasteiger partial charge in [0.1, 0.15) is 16.9 Å². The number of halogens is 1. The first-order valence-corrected chi connectivity index (χ1v) is 13.4. The predicted octanol–water partition coefficient (Wildman–Crippen LogP) is 3.48. The molecule has 0 aliphatic carbocycles. The van der Waals surface area contributed by atoms with E-state index in [9.17, 15) is 22.7 Å². The van der Waals surface area contributed by atoms with Crippen LogP contribution in [0.4, 0.5) is 4.39 Å². The van der Waals surface area contributed by atoms with Gasteiger partial charge in [0.2, 0.25) is 0 Å². The molecule has 11 heteroatoms. The van der Waals surface area contributed by atoms with Gasteiger partial charge in [-0.2, -0.15) is 0 Å². The summed E-state index contributed by atoms with van der Waals surface area (Å²) in [4.78, 5) is 32.6. The number of unbranched alkanes of at least 4 members (excludes halogenated alkanes) is 1. The minimum Gasteiger partial charge on any atom is -0.760 e. The summed E-state index contributed by atoms with van der Waals surface area (Å²) in [7, 11) is 1.26. The van der Waals surface area contributed by atoms with Crippen LogP contribution in [-0.4, -0.2) is 74.7 Å². The fourth-order valence-corrected chi connectivity index (χ4v) is 4.82. The van der Waals surface area contributed by atoms with Gasteiger partial charge in [-0.25, -0.2) is 13.5 Å². The first-order chi connectivity index (χ1) is 18.3. The Kier molecular flexibility index (Phi) is 9.03. The van der Waals surface area contributed by atoms with Crippen LogP contribution in [0, 0.1) is 5.82 Å². The van der Waals surface area contributed by atoms with E-state index < -0.39 is 17.2 Å². The number of amides is 1. The molecule has 9 nitrogen and oxygen atoms in total. The van der Waals surface area contributed by atoms with E-state index in [-0.39, 0.29) is 54.8 Å². The second kappa shape index (κ2) is 12.4. The van der Waals surface area contributed by atoms with Crippen molar-refractivity contribution >= 4 is 34.0 Å². The number of carbonyl (C=O) groups is 2. The average molecular weight is 543 g/mol. The van der Waals surface area contributed by atoms with Crippen molar-refractivity contribution in [3.63, 3.8) is 0 Å². The largest absolute Gasteiger partial charge is 0.760 e. The second-order valence-electron chi connectivity index (χ2n) is 8.98. The lowest BCUT2D eigenvalue weighted by Gasteiger charge is -2.35. The van der Waals surface area contributed by atoms with Gasteiger partial charge in [0.05, 0.1) is 19.3 Å². The summed E-state index contributed by atoms with van der Waals surface area (Å²) in [5.74, 6) is -1.09. The van der Waals surface area contributed by atoms with Crippen LogP contribution in [-0.2, 0) is 22.4 Å². The Balaban J connectivity index is 1.80. The highest BCUT2D eigenvalue weighted by Gasteiger charge is 2.28. The zero-order valence-electron chi connectivity index (χ0n) is 21.3. The fraction of sp³-hybridized carbons (Fsp3) is 0.370. The number of hydrogen-bond acceptors (Lipinski definition) is 7. The lowest BCUT2D eigenvalue weighted by atomic mass is 9.98. The maximum absolute atomic E-state index is 13.7. The molecule has 1 aliphatic heterocycles. The van der Waals surface area contributed by atoms with Gasteiger partial charge in [-0.3, -0.25) is 14.0 Å². The van der Waals surface area contributed by atoms with Gasteiger partial charge in [-0.1, -0.05) is 25.5 Å². The number of piperazine rings is 1. The maximum atomic E-state index is 13.7. The topological polar surface area (TPSA) is 112 Å². The number of pyridine rings is 1. The molecule has 2 aromatic carbocycles. The SMILES string of the molecule is CCCCOc1c(C(=O)OC)cc(C(=O)N2CCN(S(=O)[O-])CC2)c2cc(Cc3ccc(F)cc3)cnc12. The van der Waals surface area contributed by atoms with Crippen molar-refractivity contribution in [2.45, 2.75) is 26.2 Å². The maximum Gasteiger partial charge on any atom is 0.341 e. The normalized spacial score (nSPS) is 14.9. The summed E-state index contributed by atoms with van der Waals surface area (Å²) in [6, 6.07) is 9.44. The molecule has 38 heavy (non-hydrogen) atoms. The summed E-state index contributed by atoms with van der Waals surface area (Å²) in [5.41, 5.74) is 2.35. The summed E-state index contributed by atoms with van der Waals surface area (Å²) in [6.45, 7) is 3.15. The standard InChI is InChI=1S/C27H30FN3O6S/c1-3-4-13-37-25-23(27(33)36-2)16-22(26(32)30-9-11-31(12-10-30)38(34)35)21-15-19(17-29-24(21)25)14-18-5-7-20(28)8-6-18/h5-8,15-17H,3-4,9-14H2,1-2H3,(H,34,35)/p-1. The van der Waals surface area contributed by atoms with E-state index >= 15 is 0 Å². The quantitative estimate of drug-likeness (QED) is 0.231. The van der Waals surface area contributed by atoms with E-state index in [0.29, 0.717) is 23.9 Å². The molecule has 3 aromatic rings. The lowest BCUT2D eigenvalue weighted by Crippen LogP contribution is -2.49. The number of ether oxygens (including phenoxy) is 2. The number of nitrogens with zero attached hydrogens (tertiary/aromatic N) is 3. The Labute approximate surface area is 223 Å². The highest BCUT2D eigenvalue weighted by atomic mass is 32.2. The second-order valence-corrected chi connectivity index (χ2v) is 9.93. The van der Waals surface area contributed by atoms with Crippen LogP contribution in [0.5, 0.6) is 5.75 Å². The molecular formula is C27H29FN3O6S-. The first-order valence-electron chi connectivity index (χ1n) is 12.4. The number of carbonyl (C=O) groups excluding carboxylic acids is 2. The minimum absolute atomic E-state index is 0.0949. The smallest absolute Gasteiger partial charge is 0.341 e. The van der Waals surface area contributed by atoms with Gasteiger partial charge in [0.25, 0.3) is 5.91 Å². The number of benzene rings is 2. The number of esters is 1. The Hall–Kier alpha value is -3.41. The van der Waals surface area contributed by atoms with E-state index in [0.717, 1.165) is 24.0 Å². The Morgan fingerprint density at radius 1 is 1.08 bits per heavy atom. The lowest BCUT2D eigenvalue weighted by molar-refractivity contribution is 0.0596. The highest BCUT2D eigenvalue weighted by Crippen LogP contribution is 2.34. The predicted molar refractivity (Wildman–Crippen MR) is 139 cm³/mol. The van der Waals surface area contributed by atoms with Gasteiger partial charge >= 0.3 is 5.97 Å². The van der Waals surface area contributed by atoms with Crippen molar-refractivity contribution in [3.8, 4) is 5.75 Å². The highest BCUT2D eigenvalue weighted by molar-refractivity contribution is 7.76. The van der Waals surface area contributed by atoms with Crippen molar-refractivity contribution in [2.24, 2.45) is 0 Å². The van der Waals surface area contributed by atoms with Crippen LogP contribution >= 0.6 is 0 Å². The molecule has 202 valence electrons. The third-order valence-corrected chi connectivity index (χ3v) is 7.21. The molecule has 0 bridgehead atoms. The van der Waals surface area contributed by atoms with Crippen molar-refractivity contribution in [3.05, 3.63) is 70.7 Å². The van der Waals surface area contributed by atoms with E-state index in [2.05, 4.69) is 4.98 Å². The number of fused-ring (bicyclic) bond motifs is 1. The molecular weight excluding hydrogens is 513 g/mol. The molecule has 0 spiro atoms. The molecule has 1 amide bonds. The fourth-order valence-electron chi connectivity index (χ4n) is 4.36. The van der Waals surface area contributed by atoms with Crippen molar-refractivity contribution in [1.82, 2.24) is 14.2 Å². The van der Waals surface area contributed by atoms with Crippen LogP contribution in [0.3, 0.4) is 0 Å². The van der Waals surface area contributed by atoms with Crippen LogP contribution in [0.25, 0.3) is 10.9 Å². The number of hydrogen-bond donors (Lipinski definition) is 0. The molecule has 1 aromatic heterocycles. The number of rotatable bonds is 9. The third-order valence-electron chi connectivity index (χ3n) is 6.42. The third kappa shape index (κ3) is 6.17. The molecule has 1 aliphatic rings. The number of methoxy groups -OCH3 is 1. The molecule has 1 unspecified atom stereocenters. The molecule has 2 heterocycles. The van der Waals surface area contributed by atoms with Crippen molar-refractivity contribution < 1.29 is 32.2 Å². The van der Waals surface area contributed by atoms with E-state index in [1.807, 2.05) is 13.0 Å². The Morgan fingerprint density at radius 3 is 2.42 bits per heavy atom. The first kappa shape index (κ1) is 27.6. The van der Waals surface area contributed by atoms with E-state index in [1.165, 1.54) is 29.6 Å². The van der Waals surface area contributed by atoms with Gasteiger partial charge in [0.15, 0.2) is 5.75 Å². The molecule has 1 saturated heterocycles. The van der Waals surface area contributed by atoms with Crippen LogP contribution in [0.2, 0.25) is 0 Å². The molecule has 4 rings (SSSR count). The Bertz CT molecular complexity index is 1340. The van der Waals surface area contributed by atoms with Crippen molar-refractivity contribution in [2.75, 3.05) is 39.9 Å². The van der Waals surface area contributed by atoms with Crippen molar-refractivity contribution in [1.29, 1.82) is 0 Å². The average Bonchev–Trinajstić information content (AvgIpc) is 2.93. The van der Waals surface area contributed by atoms with Gasteiger partial charge in [-0.05, 0) is 48.2 Å². The Morgan fingerprint density at radius 2 is 1.79 bits per heavy atom. The van der Waals surface area contributed by atoms with Crippen LogP contribution in [0.15, 0.2) is 42.6 Å². The molecule has 1 fully saturated rings. The summed E-state index contributed by atoms with van der Waals surface area (Å²) in [5, 5.41) is 0.503. The molecule has 0 N–H and O–H groups in total. The molecule has 0 saturated carbocycles. The summed E-state index contributed by atoms with van der Waals surface area (Å²) < 4.78 is 48.2. The summed E-state index contributed by atoms with van der Waals surface area (Å²) >= 11 is -2.36. The van der Waals surface area contributed by atoms with Gasteiger partial charge in [0, 0.05) is 49.0 Å². The van der Waals surface area contributed by atoms with Gasteiger partial charge < -0.3 is 18.9 Å². The molecule has 0 radical (unpaired) electrons. The molecule has 1 atom stereocenters. The monoisotopic (exact) mass is 542 g/mol. The summed E-state index contributed by atoms with van der Waals surface area (Å²) in [6.07, 6.45) is 3.75. The zero-order valence-corrected chi connectivity index (χ0v) is 22.1. The van der Waals surface area contributed by atoms with Crippen LogP contribution < -0.4 is 4.74 Å². The van der Waals surface area contributed by atoms with Crippen LogP contribution in [0.1, 0.15) is 51.6 Å².